The van der Waals surface area contributed by atoms with Gasteiger partial charge in [-0.2, -0.15) is 13.2 Å². The van der Waals surface area contributed by atoms with Crippen molar-refractivity contribution < 1.29 is 27.4 Å². The number of allylic oxidation sites excluding steroid dienone is 5. The average Bonchev–Trinajstić information content (AvgIpc) is 2.93. The lowest BCUT2D eigenvalue weighted by Crippen LogP contribution is -2.35. The lowest BCUT2D eigenvalue weighted by Gasteiger charge is -2.26. The predicted molar refractivity (Wildman–Crippen MR) is 147 cm³/mol. The molecule has 7 nitrogen and oxygen atoms in total. The number of carbonyl (C=O) groups is 1. The van der Waals surface area contributed by atoms with E-state index in [0.29, 0.717) is 39.6 Å². The summed E-state index contributed by atoms with van der Waals surface area (Å²) in [5, 5.41) is 1.92. The Morgan fingerprint density at radius 3 is 2.41 bits per heavy atom. The molecule has 3 rings (SSSR count). The van der Waals surface area contributed by atoms with Crippen LogP contribution in [-0.4, -0.2) is 49.4 Å². The molecule has 0 aliphatic carbocycles. The number of fused-ring (bicyclic) bond motifs is 1. The van der Waals surface area contributed by atoms with Gasteiger partial charge in [0.15, 0.2) is 0 Å². The SMILES string of the molecule is C=C/C=C\C(=C/CC)c1cnc2ccc(N(CCC(=O)NCC(F)(F)F)c3cc(OC)cc(OC)c3)cc2n1. The highest BCUT2D eigenvalue weighted by atomic mass is 19.4. The van der Waals surface area contributed by atoms with Crippen molar-refractivity contribution in [2.45, 2.75) is 25.9 Å². The minimum atomic E-state index is -4.49. The van der Waals surface area contributed by atoms with Gasteiger partial charge in [0.25, 0.3) is 0 Å². The first kappa shape index (κ1) is 29.2. The van der Waals surface area contributed by atoms with Crippen LogP contribution in [0.3, 0.4) is 0 Å². The third-order valence-electron chi connectivity index (χ3n) is 5.67. The first-order valence-corrected chi connectivity index (χ1v) is 12.3. The van der Waals surface area contributed by atoms with Gasteiger partial charge in [-0.1, -0.05) is 37.8 Å². The van der Waals surface area contributed by atoms with E-state index in [-0.39, 0.29) is 13.0 Å². The second kappa shape index (κ2) is 13.5. The normalized spacial score (nSPS) is 12.0. The highest BCUT2D eigenvalue weighted by Crippen LogP contribution is 2.34. The summed E-state index contributed by atoms with van der Waals surface area (Å²) in [5.74, 6) is 0.308. The van der Waals surface area contributed by atoms with Crippen LogP contribution in [0.1, 0.15) is 25.5 Å². The molecule has 3 aromatic rings. The van der Waals surface area contributed by atoms with E-state index < -0.39 is 18.6 Å². The summed E-state index contributed by atoms with van der Waals surface area (Å²) in [4.78, 5) is 23.4. The van der Waals surface area contributed by atoms with Gasteiger partial charge in [-0.25, -0.2) is 4.98 Å². The number of hydrogen-bond acceptors (Lipinski definition) is 6. The van der Waals surface area contributed by atoms with Crippen molar-refractivity contribution in [2.75, 3.05) is 32.2 Å². The fourth-order valence-electron chi connectivity index (χ4n) is 3.81. The second-order valence-corrected chi connectivity index (χ2v) is 8.46. The van der Waals surface area contributed by atoms with Gasteiger partial charge in [0.2, 0.25) is 5.91 Å². The van der Waals surface area contributed by atoms with Crippen LogP contribution in [0.15, 0.2) is 73.5 Å². The summed E-state index contributed by atoms with van der Waals surface area (Å²) in [7, 11) is 3.03. The molecule has 0 fully saturated rings. The highest BCUT2D eigenvalue weighted by molar-refractivity contribution is 5.84. The Morgan fingerprint density at radius 1 is 1.08 bits per heavy atom. The van der Waals surface area contributed by atoms with Crippen LogP contribution in [0.25, 0.3) is 16.6 Å². The van der Waals surface area contributed by atoms with Gasteiger partial charge in [-0.15, -0.1) is 0 Å². The molecule has 2 aromatic carbocycles. The van der Waals surface area contributed by atoms with Crippen LogP contribution in [0, 0.1) is 0 Å². The van der Waals surface area contributed by atoms with Gasteiger partial charge in [0.05, 0.1) is 37.1 Å². The molecule has 0 saturated carbocycles. The minimum Gasteiger partial charge on any atom is -0.497 e. The van der Waals surface area contributed by atoms with Crippen LogP contribution in [0.4, 0.5) is 24.5 Å². The number of aromatic nitrogens is 2. The van der Waals surface area contributed by atoms with Crippen molar-refractivity contribution in [3.63, 3.8) is 0 Å². The first-order valence-electron chi connectivity index (χ1n) is 12.3. The van der Waals surface area contributed by atoms with E-state index in [4.69, 9.17) is 14.5 Å². The smallest absolute Gasteiger partial charge is 0.405 e. The summed E-state index contributed by atoms with van der Waals surface area (Å²) in [6, 6.07) is 10.7. The fraction of sp³-hybridized carbons (Fsp3) is 0.276. The van der Waals surface area contributed by atoms with E-state index in [9.17, 15) is 18.0 Å². The van der Waals surface area contributed by atoms with Crippen LogP contribution in [0.5, 0.6) is 11.5 Å². The minimum absolute atomic E-state index is 0.0850. The molecule has 206 valence electrons. The Balaban J connectivity index is 2.04. The maximum atomic E-state index is 12.6. The number of anilines is 2. The topological polar surface area (TPSA) is 76.6 Å². The summed E-state index contributed by atoms with van der Waals surface area (Å²) in [6.45, 7) is 4.44. The molecule has 39 heavy (non-hydrogen) atoms. The number of carbonyl (C=O) groups excluding carboxylic acids is 1. The standard InChI is InChI=1S/C29H31F3N4O3/c1-5-7-9-20(8-6-2)27-18-33-25-11-10-21(16-26(25)35-27)36(13-12-28(37)34-19-29(30,31)32)22-14-23(38-3)17-24(15-22)39-4/h5,7-11,14-18H,1,6,12-13,19H2,2-4H3,(H,34,37)/b9-7-,20-8+. The van der Waals surface area contributed by atoms with Crippen LogP contribution < -0.4 is 19.7 Å². The summed E-state index contributed by atoms with van der Waals surface area (Å²) in [6.07, 6.45) is 5.28. The van der Waals surface area contributed by atoms with E-state index >= 15 is 0 Å². The summed E-state index contributed by atoms with van der Waals surface area (Å²) >= 11 is 0. The van der Waals surface area contributed by atoms with E-state index in [1.807, 2.05) is 42.6 Å². The lowest BCUT2D eigenvalue weighted by atomic mass is 10.1. The maximum Gasteiger partial charge on any atom is 0.405 e. The fourth-order valence-corrected chi connectivity index (χ4v) is 3.81. The van der Waals surface area contributed by atoms with Crippen molar-refractivity contribution in [1.82, 2.24) is 15.3 Å². The number of amides is 1. The van der Waals surface area contributed by atoms with Crippen molar-refractivity contribution >= 4 is 33.9 Å². The third kappa shape index (κ3) is 8.33. The first-order chi connectivity index (χ1) is 18.7. The van der Waals surface area contributed by atoms with Crippen LogP contribution in [-0.2, 0) is 4.79 Å². The number of ether oxygens (including phenoxy) is 2. The molecule has 1 N–H and O–H groups in total. The van der Waals surface area contributed by atoms with E-state index in [0.717, 1.165) is 12.0 Å². The highest BCUT2D eigenvalue weighted by Gasteiger charge is 2.27. The summed E-state index contributed by atoms with van der Waals surface area (Å²) in [5.41, 5.74) is 4.14. The van der Waals surface area contributed by atoms with Gasteiger partial charge in [-0.3, -0.25) is 9.78 Å². The predicted octanol–water partition coefficient (Wildman–Crippen LogP) is 6.39. The van der Waals surface area contributed by atoms with Crippen molar-refractivity contribution in [3.05, 3.63) is 79.2 Å². The van der Waals surface area contributed by atoms with Crippen molar-refractivity contribution in [1.29, 1.82) is 0 Å². The number of nitrogens with one attached hydrogen (secondary N) is 1. The van der Waals surface area contributed by atoms with E-state index in [2.05, 4.69) is 11.6 Å². The Labute approximate surface area is 225 Å². The average molecular weight is 541 g/mol. The Bertz CT molecular complexity index is 1350. The molecule has 0 aliphatic heterocycles. The lowest BCUT2D eigenvalue weighted by molar-refractivity contribution is -0.138. The maximum absolute atomic E-state index is 12.6. The molecular formula is C29H31F3N4O3. The number of methoxy groups -OCH3 is 2. The van der Waals surface area contributed by atoms with E-state index in [1.165, 1.54) is 14.2 Å². The van der Waals surface area contributed by atoms with E-state index in [1.54, 1.807) is 41.4 Å². The number of nitrogens with zero attached hydrogens (tertiary/aromatic N) is 3. The molecule has 0 atom stereocenters. The number of benzene rings is 2. The van der Waals surface area contributed by atoms with Crippen LogP contribution in [0.2, 0.25) is 0 Å². The molecule has 0 saturated heterocycles. The molecule has 0 spiro atoms. The van der Waals surface area contributed by atoms with Crippen molar-refractivity contribution in [3.8, 4) is 11.5 Å². The second-order valence-electron chi connectivity index (χ2n) is 8.46. The third-order valence-corrected chi connectivity index (χ3v) is 5.67. The van der Waals surface area contributed by atoms with Gasteiger partial charge < -0.3 is 19.7 Å². The van der Waals surface area contributed by atoms with Gasteiger partial charge in [0.1, 0.15) is 18.0 Å². The molecule has 0 bridgehead atoms. The van der Waals surface area contributed by atoms with Crippen LogP contribution >= 0.6 is 0 Å². The Kier molecular flexibility index (Phi) is 10.1. The molecule has 0 radical (unpaired) electrons. The Hall–Kier alpha value is -4.34. The van der Waals surface area contributed by atoms with Crippen molar-refractivity contribution in [2.24, 2.45) is 0 Å². The largest absolute Gasteiger partial charge is 0.497 e. The molecule has 10 heteroatoms. The number of rotatable bonds is 12. The zero-order valence-corrected chi connectivity index (χ0v) is 22.1. The quantitative estimate of drug-likeness (QED) is 0.268. The molecule has 1 aromatic heterocycles. The molecule has 1 heterocycles. The Morgan fingerprint density at radius 2 is 1.79 bits per heavy atom. The molecule has 1 amide bonds. The number of hydrogen-bond donors (Lipinski definition) is 1. The monoisotopic (exact) mass is 540 g/mol. The van der Waals surface area contributed by atoms with Gasteiger partial charge >= 0.3 is 6.18 Å². The van der Waals surface area contributed by atoms with Gasteiger partial charge in [-0.05, 0) is 30.2 Å². The zero-order valence-electron chi connectivity index (χ0n) is 22.1. The molecule has 0 aliphatic rings. The summed E-state index contributed by atoms with van der Waals surface area (Å²) < 4.78 is 48.6. The number of alkyl halides is 3. The molecule has 0 unspecified atom stereocenters. The van der Waals surface area contributed by atoms with Gasteiger partial charge in [0, 0.05) is 42.5 Å². The zero-order chi connectivity index (χ0) is 28.4. The molecular weight excluding hydrogens is 509 g/mol. The number of halogens is 3.